The smallest absolute Gasteiger partial charge is 0.308 e. The predicted molar refractivity (Wildman–Crippen MR) is 124 cm³/mol. The number of pyridine rings is 1. The molecule has 33 heavy (non-hydrogen) atoms. The van der Waals surface area contributed by atoms with Gasteiger partial charge in [-0.25, -0.2) is 9.88 Å². The summed E-state index contributed by atoms with van der Waals surface area (Å²) in [5, 5.41) is 9.76. The number of nitriles is 1. The molecule has 1 aliphatic heterocycles. The number of benzene rings is 2. The van der Waals surface area contributed by atoms with Crippen molar-refractivity contribution in [3.63, 3.8) is 0 Å². The average molecular weight is 478 g/mol. The number of halogens is 1. The molecule has 2 aromatic carbocycles. The molecular formula is C24H16ClN3O4S. The number of anilines is 1. The second-order valence-corrected chi connectivity index (χ2v) is 8.76. The molecule has 164 valence electrons. The second-order valence-electron chi connectivity index (χ2n) is 7.13. The normalized spacial score (nSPS) is 15.4. The van der Waals surface area contributed by atoms with Crippen molar-refractivity contribution in [2.75, 3.05) is 4.90 Å². The van der Waals surface area contributed by atoms with Gasteiger partial charge in [0.05, 0.1) is 22.2 Å². The lowest BCUT2D eigenvalue weighted by Crippen LogP contribution is -2.31. The van der Waals surface area contributed by atoms with E-state index in [1.165, 1.54) is 19.1 Å². The molecule has 2 heterocycles. The van der Waals surface area contributed by atoms with Gasteiger partial charge in [0, 0.05) is 23.9 Å². The summed E-state index contributed by atoms with van der Waals surface area (Å²) >= 11 is 7.05. The van der Waals surface area contributed by atoms with Gasteiger partial charge in [0.25, 0.3) is 0 Å². The number of thioether (sulfide) groups is 1. The molecule has 1 saturated heterocycles. The molecule has 0 spiro atoms. The summed E-state index contributed by atoms with van der Waals surface area (Å²) in [6, 6.07) is 18.7. The van der Waals surface area contributed by atoms with E-state index in [4.69, 9.17) is 16.3 Å². The number of imide groups is 1. The lowest BCUT2D eigenvalue weighted by atomic mass is 10.1. The van der Waals surface area contributed by atoms with Gasteiger partial charge in [-0.15, -0.1) is 0 Å². The van der Waals surface area contributed by atoms with E-state index in [2.05, 4.69) is 11.1 Å². The standard InChI is InChI=1S/C24H16ClN3O4S/c1-14(29)32-19-9-7-18(8-10-19)28-22(30)12-21(24(28)31)33-23-16(13-26)4-11-20(27-23)15-2-5-17(25)6-3-15/h2-11,21H,12H2,1H3. The van der Waals surface area contributed by atoms with Crippen LogP contribution in [0, 0.1) is 11.3 Å². The summed E-state index contributed by atoms with van der Waals surface area (Å²) in [5.74, 6) is -0.898. The molecule has 0 bridgehead atoms. The summed E-state index contributed by atoms with van der Waals surface area (Å²) in [4.78, 5) is 42.4. The Morgan fingerprint density at radius 3 is 2.45 bits per heavy atom. The molecule has 4 rings (SSSR count). The first-order valence-electron chi connectivity index (χ1n) is 9.84. The van der Waals surface area contributed by atoms with E-state index in [0.29, 0.717) is 32.7 Å². The fourth-order valence-corrected chi connectivity index (χ4v) is 4.55. The maximum atomic E-state index is 13.0. The van der Waals surface area contributed by atoms with E-state index in [-0.39, 0.29) is 12.3 Å². The monoisotopic (exact) mass is 477 g/mol. The van der Waals surface area contributed by atoms with Crippen molar-refractivity contribution in [2.24, 2.45) is 0 Å². The number of esters is 1. The van der Waals surface area contributed by atoms with Gasteiger partial charge in [-0.1, -0.05) is 35.5 Å². The van der Waals surface area contributed by atoms with Crippen LogP contribution in [-0.4, -0.2) is 28.0 Å². The fraction of sp³-hybridized carbons (Fsp3) is 0.125. The molecule has 0 saturated carbocycles. The van der Waals surface area contributed by atoms with E-state index in [9.17, 15) is 19.6 Å². The molecule has 0 aliphatic carbocycles. The van der Waals surface area contributed by atoms with Crippen molar-refractivity contribution in [2.45, 2.75) is 23.6 Å². The van der Waals surface area contributed by atoms with Crippen LogP contribution in [0.25, 0.3) is 11.3 Å². The van der Waals surface area contributed by atoms with E-state index in [1.807, 2.05) is 12.1 Å². The molecule has 0 radical (unpaired) electrons. The number of carbonyl (C=O) groups excluding carboxylic acids is 3. The van der Waals surface area contributed by atoms with Crippen molar-refractivity contribution < 1.29 is 19.1 Å². The minimum atomic E-state index is -0.717. The quantitative estimate of drug-likeness (QED) is 0.300. The van der Waals surface area contributed by atoms with E-state index in [1.54, 1.807) is 36.4 Å². The topological polar surface area (TPSA) is 100 Å². The molecule has 0 N–H and O–H groups in total. The molecule has 1 unspecified atom stereocenters. The molecule has 9 heteroatoms. The lowest BCUT2D eigenvalue weighted by Gasteiger charge is -2.15. The van der Waals surface area contributed by atoms with Crippen LogP contribution in [0.3, 0.4) is 0 Å². The summed E-state index contributed by atoms with van der Waals surface area (Å²) in [6.45, 7) is 1.29. The Kier molecular flexibility index (Phi) is 6.45. The zero-order chi connectivity index (χ0) is 23.5. The third-order valence-corrected chi connectivity index (χ3v) is 6.28. The highest BCUT2D eigenvalue weighted by molar-refractivity contribution is 8.00. The van der Waals surface area contributed by atoms with Crippen LogP contribution in [0.15, 0.2) is 65.7 Å². The van der Waals surface area contributed by atoms with Gasteiger partial charge in [0.15, 0.2) is 0 Å². The van der Waals surface area contributed by atoms with Crippen LogP contribution in [0.2, 0.25) is 5.02 Å². The Morgan fingerprint density at radius 1 is 1.12 bits per heavy atom. The van der Waals surface area contributed by atoms with Gasteiger partial charge in [0.2, 0.25) is 11.8 Å². The highest BCUT2D eigenvalue weighted by Gasteiger charge is 2.40. The molecular weight excluding hydrogens is 462 g/mol. The van der Waals surface area contributed by atoms with Crippen LogP contribution >= 0.6 is 23.4 Å². The van der Waals surface area contributed by atoms with Gasteiger partial charge < -0.3 is 4.74 Å². The van der Waals surface area contributed by atoms with Crippen molar-refractivity contribution in [1.29, 1.82) is 5.26 Å². The number of hydrogen-bond acceptors (Lipinski definition) is 7. The van der Waals surface area contributed by atoms with Crippen LogP contribution in [-0.2, 0) is 14.4 Å². The Labute approximate surface area is 198 Å². The maximum absolute atomic E-state index is 13.0. The minimum Gasteiger partial charge on any atom is -0.427 e. The largest absolute Gasteiger partial charge is 0.427 e. The number of carbonyl (C=O) groups is 3. The van der Waals surface area contributed by atoms with E-state index >= 15 is 0 Å². The molecule has 3 aromatic rings. The summed E-state index contributed by atoms with van der Waals surface area (Å²) < 4.78 is 4.99. The Balaban J connectivity index is 1.57. The minimum absolute atomic E-state index is 0.0209. The summed E-state index contributed by atoms with van der Waals surface area (Å²) in [6.07, 6.45) is -0.0209. The van der Waals surface area contributed by atoms with Gasteiger partial charge in [-0.2, -0.15) is 5.26 Å². The van der Waals surface area contributed by atoms with Gasteiger partial charge in [0.1, 0.15) is 16.8 Å². The van der Waals surface area contributed by atoms with Crippen molar-refractivity contribution in [1.82, 2.24) is 4.98 Å². The molecule has 1 aliphatic rings. The highest BCUT2D eigenvalue weighted by Crippen LogP contribution is 2.36. The number of ether oxygens (including phenoxy) is 1. The first kappa shape index (κ1) is 22.5. The van der Waals surface area contributed by atoms with Crippen LogP contribution in [0.5, 0.6) is 5.75 Å². The van der Waals surface area contributed by atoms with Gasteiger partial charge in [-0.3, -0.25) is 14.4 Å². The molecule has 7 nitrogen and oxygen atoms in total. The number of aromatic nitrogens is 1. The van der Waals surface area contributed by atoms with Crippen molar-refractivity contribution in [3.05, 3.63) is 71.2 Å². The Hall–Kier alpha value is -3.67. The first-order valence-corrected chi connectivity index (χ1v) is 11.1. The van der Waals surface area contributed by atoms with Gasteiger partial charge >= 0.3 is 5.97 Å². The van der Waals surface area contributed by atoms with Crippen LogP contribution in [0.4, 0.5) is 5.69 Å². The third kappa shape index (κ3) is 4.90. The van der Waals surface area contributed by atoms with Crippen LogP contribution in [0.1, 0.15) is 18.9 Å². The molecule has 2 amide bonds. The van der Waals surface area contributed by atoms with E-state index in [0.717, 1.165) is 22.2 Å². The molecule has 1 atom stereocenters. The highest BCUT2D eigenvalue weighted by atomic mass is 35.5. The SMILES string of the molecule is CC(=O)Oc1ccc(N2C(=O)CC(Sc3nc(-c4ccc(Cl)cc4)ccc3C#N)C2=O)cc1. The van der Waals surface area contributed by atoms with Gasteiger partial charge in [-0.05, 0) is 48.5 Å². The molecule has 1 aromatic heterocycles. The number of amides is 2. The lowest BCUT2D eigenvalue weighted by molar-refractivity contribution is -0.132. The van der Waals surface area contributed by atoms with Crippen molar-refractivity contribution >= 4 is 46.8 Å². The average Bonchev–Trinajstić information content (AvgIpc) is 3.07. The number of nitrogens with zero attached hydrogens (tertiary/aromatic N) is 3. The number of hydrogen-bond donors (Lipinski definition) is 0. The van der Waals surface area contributed by atoms with Crippen molar-refractivity contribution in [3.8, 4) is 23.1 Å². The first-order chi connectivity index (χ1) is 15.9. The predicted octanol–water partition coefficient (Wildman–Crippen LogP) is 4.62. The fourth-order valence-electron chi connectivity index (χ4n) is 3.33. The number of rotatable bonds is 5. The van der Waals surface area contributed by atoms with E-state index < -0.39 is 17.1 Å². The molecule has 1 fully saturated rings. The zero-order valence-corrected chi connectivity index (χ0v) is 18.9. The Bertz CT molecular complexity index is 1290. The maximum Gasteiger partial charge on any atom is 0.308 e. The summed E-state index contributed by atoms with van der Waals surface area (Å²) in [7, 11) is 0. The van der Waals surface area contributed by atoms with Crippen LogP contribution < -0.4 is 9.64 Å². The third-order valence-electron chi connectivity index (χ3n) is 4.84. The Morgan fingerprint density at radius 2 is 1.82 bits per heavy atom. The summed E-state index contributed by atoms with van der Waals surface area (Å²) in [5.41, 5.74) is 2.14. The second kappa shape index (κ2) is 9.45. The zero-order valence-electron chi connectivity index (χ0n) is 17.3.